The van der Waals surface area contributed by atoms with Crippen molar-refractivity contribution in [2.24, 2.45) is 7.05 Å². The summed E-state index contributed by atoms with van der Waals surface area (Å²) in [5.41, 5.74) is 6.32. The molecule has 0 aliphatic heterocycles. The first kappa shape index (κ1) is 10.0. The lowest BCUT2D eigenvalue weighted by Crippen LogP contribution is -2.00. The van der Waals surface area contributed by atoms with Gasteiger partial charge in [-0.1, -0.05) is 5.21 Å². The lowest BCUT2D eigenvalue weighted by atomic mass is 10.2. The number of hydrogen-bond acceptors (Lipinski definition) is 6. The van der Waals surface area contributed by atoms with Gasteiger partial charge in [0.05, 0.1) is 22.9 Å². The van der Waals surface area contributed by atoms with Gasteiger partial charge in [0.2, 0.25) is 0 Å². The predicted octanol–water partition coefficient (Wildman–Crippen LogP) is 0.367. The van der Waals surface area contributed by atoms with Gasteiger partial charge >= 0.3 is 0 Å². The quantitative estimate of drug-likeness (QED) is 0.577. The van der Waals surface area contributed by atoms with Crippen molar-refractivity contribution in [2.75, 3.05) is 5.73 Å². The largest absolute Gasteiger partial charge is 0.383 e. The highest BCUT2D eigenvalue weighted by Crippen LogP contribution is 2.22. The number of nitrogens with zero attached hydrogens (tertiary/aromatic N) is 5. The van der Waals surface area contributed by atoms with Gasteiger partial charge in [0.25, 0.3) is 5.69 Å². The van der Waals surface area contributed by atoms with Crippen molar-refractivity contribution in [2.45, 2.75) is 0 Å². The Balaban J connectivity index is 2.58. The minimum Gasteiger partial charge on any atom is -0.383 e. The van der Waals surface area contributed by atoms with Crippen molar-refractivity contribution in [3.8, 4) is 11.4 Å². The number of anilines is 1. The summed E-state index contributed by atoms with van der Waals surface area (Å²) in [6.07, 6.45) is 1.46. The average molecular weight is 220 g/mol. The van der Waals surface area contributed by atoms with E-state index in [1.807, 2.05) is 0 Å². The first-order valence-electron chi connectivity index (χ1n) is 4.35. The molecule has 2 N–H and O–H groups in total. The Labute approximate surface area is 89.9 Å². The predicted molar refractivity (Wildman–Crippen MR) is 55.3 cm³/mol. The van der Waals surface area contributed by atoms with Crippen LogP contribution in [-0.2, 0) is 7.05 Å². The molecule has 0 aliphatic carbocycles. The molecule has 8 nitrogen and oxygen atoms in total. The zero-order valence-electron chi connectivity index (χ0n) is 8.36. The van der Waals surface area contributed by atoms with Crippen molar-refractivity contribution in [1.82, 2.24) is 20.0 Å². The number of aryl methyl sites for hydroxylation is 1. The molecule has 0 fully saturated rings. The third-order valence-corrected chi connectivity index (χ3v) is 2.02. The van der Waals surface area contributed by atoms with Gasteiger partial charge in [0.15, 0.2) is 0 Å². The third kappa shape index (κ3) is 1.67. The Kier molecular flexibility index (Phi) is 2.24. The molecule has 82 valence electrons. The highest BCUT2D eigenvalue weighted by molar-refractivity contribution is 5.60. The van der Waals surface area contributed by atoms with E-state index in [1.54, 1.807) is 7.05 Å². The summed E-state index contributed by atoms with van der Waals surface area (Å²) < 4.78 is 1.46. The molecule has 0 saturated carbocycles. The molecule has 16 heavy (non-hydrogen) atoms. The summed E-state index contributed by atoms with van der Waals surface area (Å²) >= 11 is 0. The van der Waals surface area contributed by atoms with E-state index < -0.39 is 4.92 Å². The number of nitro groups is 1. The van der Waals surface area contributed by atoms with Crippen LogP contribution in [0, 0.1) is 10.1 Å². The van der Waals surface area contributed by atoms with Crippen LogP contribution in [0.25, 0.3) is 11.4 Å². The summed E-state index contributed by atoms with van der Waals surface area (Å²) in [4.78, 5) is 14.1. The maximum atomic E-state index is 10.6. The summed E-state index contributed by atoms with van der Waals surface area (Å²) in [6.45, 7) is 0. The molecule has 2 rings (SSSR count). The molecule has 0 spiro atoms. The van der Waals surface area contributed by atoms with Crippen LogP contribution < -0.4 is 5.73 Å². The van der Waals surface area contributed by atoms with Crippen molar-refractivity contribution >= 4 is 11.5 Å². The number of nitrogens with two attached hydrogens (primary N) is 1. The van der Waals surface area contributed by atoms with E-state index in [1.165, 1.54) is 23.0 Å². The Bertz CT molecular complexity index is 549. The average Bonchev–Trinajstić information content (AvgIpc) is 2.63. The van der Waals surface area contributed by atoms with Crippen molar-refractivity contribution in [1.29, 1.82) is 0 Å². The van der Waals surface area contributed by atoms with Gasteiger partial charge in [-0.25, -0.2) is 9.67 Å². The van der Waals surface area contributed by atoms with Crippen LogP contribution in [0.1, 0.15) is 0 Å². The fourth-order valence-electron chi connectivity index (χ4n) is 1.30. The van der Waals surface area contributed by atoms with Gasteiger partial charge in [-0.15, -0.1) is 5.10 Å². The second-order valence-electron chi connectivity index (χ2n) is 3.14. The lowest BCUT2D eigenvalue weighted by Gasteiger charge is -2.01. The number of aromatic nitrogens is 4. The van der Waals surface area contributed by atoms with E-state index >= 15 is 0 Å². The molecule has 8 heteroatoms. The van der Waals surface area contributed by atoms with Crippen molar-refractivity contribution in [3.05, 3.63) is 28.4 Å². The third-order valence-electron chi connectivity index (χ3n) is 2.02. The highest BCUT2D eigenvalue weighted by Gasteiger charge is 2.13. The van der Waals surface area contributed by atoms with Crippen LogP contribution in [-0.4, -0.2) is 24.9 Å². The second-order valence-corrected chi connectivity index (χ2v) is 3.14. The van der Waals surface area contributed by atoms with E-state index in [4.69, 9.17) is 5.73 Å². The zero-order valence-corrected chi connectivity index (χ0v) is 8.36. The van der Waals surface area contributed by atoms with Gasteiger partial charge < -0.3 is 5.73 Å². The van der Waals surface area contributed by atoms with Crippen LogP contribution in [0.5, 0.6) is 0 Å². The van der Waals surface area contributed by atoms with Gasteiger partial charge in [-0.2, -0.15) is 0 Å². The van der Waals surface area contributed by atoms with E-state index in [2.05, 4.69) is 15.3 Å². The van der Waals surface area contributed by atoms with Crippen LogP contribution in [0.3, 0.4) is 0 Å². The topological polar surface area (TPSA) is 113 Å². The summed E-state index contributed by atoms with van der Waals surface area (Å²) in [5.74, 6) is 0.0883. The molecular weight excluding hydrogens is 212 g/mol. The first-order chi connectivity index (χ1) is 7.58. The molecule has 0 amide bonds. The Morgan fingerprint density at radius 1 is 1.50 bits per heavy atom. The second kappa shape index (κ2) is 3.57. The SMILES string of the molecule is Cn1nncc1-c1cc([N+](=O)[O-])cc(N)n1. The van der Waals surface area contributed by atoms with Crippen LogP contribution in [0.15, 0.2) is 18.3 Å². The molecule has 0 aromatic carbocycles. The minimum absolute atomic E-state index is 0.0883. The van der Waals surface area contributed by atoms with Gasteiger partial charge in [-0.05, 0) is 0 Å². The number of hydrogen-bond donors (Lipinski definition) is 1. The molecule has 0 bridgehead atoms. The van der Waals surface area contributed by atoms with Gasteiger partial charge in [-0.3, -0.25) is 10.1 Å². The highest BCUT2D eigenvalue weighted by atomic mass is 16.6. The Morgan fingerprint density at radius 2 is 2.25 bits per heavy atom. The lowest BCUT2D eigenvalue weighted by molar-refractivity contribution is -0.384. The fraction of sp³-hybridized carbons (Fsp3) is 0.125. The first-order valence-corrected chi connectivity index (χ1v) is 4.35. The van der Waals surface area contributed by atoms with Crippen molar-refractivity contribution in [3.63, 3.8) is 0 Å². The van der Waals surface area contributed by atoms with E-state index in [0.29, 0.717) is 11.4 Å². The number of nitrogen functional groups attached to an aromatic ring is 1. The Hall–Kier alpha value is -2.51. The van der Waals surface area contributed by atoms with Crippen LogP contribution in [0.2, 0.25) is 0 Å². The smallest absolute Gasteiger partial charge is 0.275 e. The van der Waals surface area contributed by atoms with E-state index in [0.717, 1.165) is 0 Å². The summed E-state index contributed by atoms with van der Waals surface area (Å²) in [6, 6.07) is 2.53. The normalized spacial score (nSPS) is 10.3. The Morgan fingerprint density at radius 3 is 2.81 bits per heavy atom. The molecule has 0 unspecified atom stereocenters. The maximum Gasteiger partial charge on any atom is 0.275 e. The molecular formula is C8H8N6O2. The van der Waals surface area contributed by atoms with Crippen LogP contribution >= 0.6 is 0 Å². The summed E-state index contributed by atoms with van der Waals surface area (Å²) in [7, 11) is 1.67. The standard InChI is InChI=1S/C8H8N6O2/c1-13-7(4-10-12-13)6-2-5(14(15)16)3-8(9)11-6/h2-4H,1H3,(H2,9,11). The van der Waals surface area contributed by atoms with E-state index in [9.17, 15) is 10.1 Å². The molecule has 2 heterocycles. The van der Waals surface area contributed by atoms with Gasteiger partial charge in [0, 0.05) is 13.1 Å². The molecule has 0 aliphatic rings. The van der Waals surface area contributed by atoms with Crippen molar-refractivity contribution < 1.29 is 4.92 Å². The molecule has 0 radical (unpaired) electrons. The zero-order chi connectivity index (χ0) is 11.7. The van der Waals surface area contributed by atoms with Crippen LogP contribution in [0.4, 0.5) is 11.5 Å². The summed E-state index contributed by atoms with van der Waals surface area (Å²) in [5, 5.41) is 18.0. The number of pyridine rings is 1. The number of rotatable bonds is 2. The molecule has 0 atom stereocenters. The minimum atomic E-state index is -0.522. The van der Waals surface area contributed by atoms with E-state index in [-0.39, 0.29) is 11.5 Å². The monoisotopic (exact) mass is 220 g/mol. The fourth-order valence-corrected chi connectivity index (χ4v) is 1.30. The molecule has 2 aromatic heterocycles. The molecule has 0 saturated heterocycles. The molecule has 2 aromatic rings. The van der Waals surface area contributed by atoms with Gasteiger partial charge in [0.1, 0.15) is 11.5 Å². The maximum absolute atomic E-state index is 10.6.